The van der Waals surface area contributed by atoms with Crippen LogP contribution in [0.15, 0.2) is 30.3 Å². The van der Waals surface area contributed by atoms with Crippen molar-refractivity contribution in [3.8, 4) is 0 Å². The molecule has 0 saturated carbocycles. The molecule has 0 aliphatic heterocycles. The Bertz CT molecular complexity index is 939. The number of benzene rings is 2. The van der Waals surface area contributed by atoms with Crippen LogP contribution >= 0.6 is 23.2 Å². The maximum Gasteiger partial charge on any atom is 0.340 e. The predicted octanol–water partition coefficient (Wildman–Crippen LogP) is 4.36. The first-order valence-electron chi connectivity index (χ1n) is 7.20. The highest BCUT2D eigenvalue weighted by Crippen LogP contribution is 2.27. The van der Waals surface area contributed by atoms with Gasteiger partial charge in [0.1, 0.15) is 0 Å². The number of amides is 1. The first-order valence-corrected chi connectivity index (χ1v) is 7.96. The standard InChI is InChI=1S/C16H10Cl2F2N2O5/c1-7(27-16(24)9-5-12(19)13(20)6-11(9)18)15(23)21-14-4-8(22(25)26)2-3-10(14)17/h2-7H,1H3,(H,21,23). The van der Waals surface area contributed by atoms with Crippen LogP contribution in [0.1, 0.15) is 17.3 Å². The highest BCUT2D eigenvalue weighted by Gasteiger charge is 2.23. The first-order chi connectivity index (χ1) is 12.6. The first kappa shape index (κ1) is 20.5. The van der Waals surface area contributed by atoms with E-state index in [2.05, 4.69) is 5.32 Å². The Labute approximate surface area is 161 Å². The minimum atomic E-state index is -1.39. The molecule has 0 spiro atoms. The van der Waals surface area contributed by atoms with Crippen molar-refractivity contribution in [1.82, 2.24) is 0 Å². The number of nitro groups is 1. The highest BCUT2D eigenvalue weighted by molar-refractivity contribution is 6.34. The van der Waals surface area contributed by atoms with Gasteiger partial charge in [-0.3, -0.25) is 14.9 Å². The van der Waals surface area contributed by atoms with Crippen LogP contribution in [0.4, 0.5) is 20.2 Å². The van der Waals surface area contributed by atoms with Crippen LogP contribution in [0.2, 0.25) is 10.0 Å². The van der Waals surface area contributed by atoms with E-state index in [-0.39, 0.29) is 16.4 Å². The monoisotopic (exact) mass is 418 g/mol. The molecule has 0 fully saturated rings. The van der Waals surface area contributed by atoms with Crippen LogP contribution < -0.4 is 5.32 Å². The number of nitrogens with zero attached hydrogens (tertiary/aromatic N) is 1. The summed E-state index contributed by atoms with van der Waals surface area (Å²) in [7, 11) is 0. The molecule has 0 bridgehead atoms. The Morgan fingerprint density at radius 3 is 2.41 bits per heavy atom. The zero-order valence-electron chi connectivity index (χ0n) is 13.5. The third kappa shape index (κ3) is 4.89. The van der Waals surface area contributed by atoms with Gasteiger partial charge in [-0.1, -0.05) is 23.2 Å². The van der Waals surface area contributed by atoms with Crippen molar-refractivity contribution in [2.45, 2.75) is 13.0 Å². The second kappa shape index (κ2) is 8.28. The predicted molar refractivity (Wildman–Crippen MR) is 93.0 cm³/mol. The van der Waals surface area contributed by atoms with Gasteiger partial charge in [0.05, 0.1) is 26.2 Å². The van der Waals surface area contributed by atoms with Gasteiger partial charge in [0.15, 0.2) is 17.7 Å². The van der Waals surface area contributed by atoms with Crippen LogP contribution in [0.5, 0.6) is 0 Å². The summed E-state index contributed by atoms with van der Waals surface area (Å²) in [5.41, 5.74) is -0.846. The molecule has 1 amide bonds. The number of hydrogen-bond acceptors (Lipinski definition) is 5. The number of carbonyl (C=O) groups excluding carboxylic acids is 2. The maximum absolute atomic E-state index is 13.3. The van der Waals surface area contributed by atoms with Crippen LogP contribution in [-0.2, 0) is 9.53 Å². The zero-order chi connectivity index (χ0) is 20.3. The summed E-state index contributed by atoms with van der Waals surface area (Å²) in [6.45, 7) is 1.20. The van der Waals surface area contributed by atoms with Crippen LogP contribution in [0.3, 0.4) is 0 Å². The topological polar surface area (TPSA) is 98.5 Å². The second-order valence-electron chi connectivity index (χ2n) is 5.20. The normalized spacial score (nSPS) is 11.6. The zero-order valence-corrected chi connectivity index (χ0v) is 15.0. The molecule has 1 unspecified atom stereocenters. The lowest BCUT2D eigenvalue weighted by Gasteiger charge is -2.14. The lowest BCUT2D eigenvalue weighted by atomic mass is 10.2. The van der Waals surface area contributed by atoms with Crippen molar-refractivity contribution < 1.29 is 28.0 Å². The fraction of sp³-hybridized carbons (Fsp3) is 0.125. The van der Waals surface area contributed by atoms with Crippen molar-refractivity contribution in [2.75, 3.05) is 5.32 Å². The summed E-state index contributed by atoms with van der Waals surface area (Å²) in [6, 6.07) is 4.53. The van der Waals surface area contributed by atoms with E-state index in [1.165, 1.54) is 13.0 Å². The average Bonchev–Trinajstić information content (AvgIpc) is 2.59. The molecule has 2 aromatic carbocycles. The Balaban J connectivity index is 2.12. The van der Waals surface area contributed by atoms with Gasteiger partial charge < -0.3 is 10.1 Å². The third-order valence-corrected chi connectivity index (χ3v) is 3.94. The average molecular weight is 419 g/mol. The van der Waals surface area contributed by atoms with E-state index >= 15 is 0 Å². The van der Waals surface area contributed by atoms with Gasteiger partial charge >= 0.3 is 5.97 Å². The van der Waals surface area contributed by atoms with Crippen LogP contribution in [0.25, 0.3) is 0 Å². The van der Waals surface area contributed by atoms with Crippen LogP contribution in [0, 0.1) is 21.7 Å². The van der Waals surface area contributed by atoms with Gasteiger partial charge in [0.2, 0.25) is 0 Å². The molecule has 0 aliphatic rings. The number of non-ortho nitro benzene ring substituents is 1. The smallest absolute Gasteiger partial charge is 0.340 e. The number of anilines is 1. The minimum absolute atomic E-state index is 0.0242. The molecule has 0 aromatic heterocycles. The summed E-state index contributed by atoms with van der Waals surface area (Å²) >= 11 is 11.5. The summed E-state index contributed by atoms with van der Waals surface area (Å²) in [5, 5.41) is 12.7. The molecular formula is C16H10Cl2F2N2O5. The molecule has 0 saturated heterocycles. The molecule has 0 radical (unpaired) electrons. The highest BCUT2D eigenvalue weighted by atomic mass is 35.5. The number of rotatable bonds is 5. The molecule has 2 rings (SSSR count). The Morgan fingerprint density at radius 2 is 1.78 bits per heavy atom. The van der Waals surface area contributed by atoms with E-state index in [4.69, 9.17) is 27.9 Å². The Hall–Kier alpha value is -2.78. The SMILES string of the molecule is CC(OC(=O)c1cc(F)c(F)cc1Cl)C(=O)Nc1cc([N+](=O)[O-])ccc1Cl. The molecule has 1 N–H and O–H groups in total. The van der Waals surface area contributed by atoms with Crippen molar-refractivity contribution in [1.29, 1.82) is 0 Å². The molecule has 27 heavy (non-hydrogen) atoms. The lowest BCUT2D eigenvalue weighted by molar-refractivity contribution is -0.384. The number of nitrogens with one attached hydrogen (secondary N) is 1. The van der Waals surface area contributed by atoms with E-state index in [1.807, 2.05) is 0 Å². The van der Waals surface area contributed by atoms with Crippen molar-refractivity contribution in [2.24, 2.45) is 0 Å². The Morgan fingerprint density at radius 1 is 1.15 bits per heavy atom. The van der Waals surface area contributed by atoms with Crippen molar-refractivity contribution in [3.63, 3.8) is 0 Å². The Kier molecular flexibility index (Phi) is 6.29. The largest absolute Gasteiger partial charge is 0.449 e. The van der Waals surface area contributed by atoms with Crippen LogP contribution in [-0.4, -0.2) is 22.9 Å². The van der Waals surface area contributed by atoms with E-state index in [9.17, 15) is 28.5 Å². The van der Waals surface area contributed by atoms with E-state index < -0.39 is 45.1 Å². The molecule has 2 aromatic rings. The molecule has 0 heterocycles. The third-order valence-electron chi connectivity index (χ3n) is 3.30. The van der Waals surface area contributed by atoms with Crippen molar-refractivity contribution in [3.05, 3.63) is 67.7 Å². The molecule has 0 aliphatic carbocycles. The van der Waals surface area contributed by atoms with Gasteiger partial charge in [-0.25, -0.2) is 13.6 Å². The lowest BCUT2D eigenvalue weighted by Crippen LogP contribution is -2.30. The van der Waals surface area contributed by atoms with Gasteiger partial charge in [0.25, 0.3) is 11.6 Å². The molecule has 7 nitrogen and oxygen atoms in total. The van der Waals surface area contributed by atoms with Gasteiger partial charge in [-0.05, 0) is 25.1 Å². The molecule has 1 atom stereocenters. The summed E-state index contributed by atoms with van der Waals surface area (Å²) in [4.78, 5) is 34.3. The van der Waals surface area contributed by atoms with Crippen molar-refractivity contribution >= 4 is 46.5 Å². The van der Waals surface area contributed by atoms with E-state index in [0.29, 0.717) is 12.1 Å². The molecular weight excluding hydrogens is 409 g/mol. The number of halogens is 4. The minimum Gasteiger partial charge on any atom is -0.449 e. The van der Waals surface area contributed by atoms with Gasteiger partial charge in [-0.15, -0.1) is 0 Å². The number of hydrogen-bond donors (Lipinski definition) is 1. The number of esters is 1. The van der Waals surface area contributed by atoms with Gasteiger partial charge in [-0.2, -0.15) is 0 Å². The second-order valence-corrected chi connectivity index (χ2v) is 6.02. The van der Waals surface area contributed by atoms with Gasteiger partial charge in [0, 0.05) is 12.1 Å². The summed E-state index contributed by atoms with van der Waals surface area (Å²) in [6.07, 6.45) is -1.39. The number of ether oxygens (including phenoxy) is 1. The summed E-state index contributed by atoms with van der Waals surface area (Å²) < 4.78 is 31.2. The van der Waals surface area contributed by atoms with E-state index in [1.54, 1.807) is 0 Å². The molecule has 142 valence electrons. The summed E-state index contributed by atoms with van der Waals surface area (Å²) in [5.74, 6) is -4.58. The number of carbonyl (C=O) groups is 2. The number of nitro benzene ring substituents is 1. The fourth-order valence-corrected chi connectivity index (χ4v) is 2.31. The quantitative estimate of drug-likeness (QED) is 0.336. The van der Waals surface area contributed by atoms with E-state index in [0.717, 1.165) is 12.1 Å². The fourth-order valence-electron chi connectivity index (χ4n) is 1.91. The molecule has 11 heteroatoms. The maximum atomic E-state index is 13.3.